The Labute approximate surface area is 85.0 Å². The van der Waals surface area contributed by atoms with Crippen molar-refractivity contribution in [3.63, 3.8) is 0 Å². The minimum atomic E-state index is -0.193. The van der Waals surface area contributed by atoms with Gasteiger partial charge in [0.05, 0.1) is 12.6 Å². The molecule has 0 saturated carbocycles. The van der Waals surface area contributed by atoms with Gasteiger partial charge in [0.2, 0.25) is 0 Å². The lowest BCUT2D eigenvalue weighted by Crippen LogP contribution is -2.30. The Morgan fingerprint density at radius 1 is 1.57 bits per heavy atom. The molecule has 0 spiro atoms. The predicted molar refractivity (Wildman–Crippen MR) is 53.1 cm³/mol. The molecule has 1 fully saturated rings. The molecule has 0 aromatic rings. The molecule has 0 aromatic heterocycles. The lowest BCUT2D eigenvalue weighted by Gasteiger charge is -2.22. The Morgan fingerprint density at radius 3 is 3.07 bits per heavy atom. The van der Waals surface area contributed by atoms with Crippen molar-refractivity contribution in [2.24, 2.45) is 0 Å². The van der Waals surface area contributed by atoms with Crippen molar-refractivity contribution in [2.45, 2.75) is 32.3 Å². The first-order valence-corrected chi connectivity index (χ1v) is 5.31. The molecule has 4 heteroatoms. The lowest BCUT2D eigenvalue weighted by molar-refractivity contribution is -0.148. The van der Waals surface area contributed by atoms with Gasteiger partial charge in [-0.3, -0.25) is 4.79 Å². The molecule has 1 aliphatic rings. The molecule has 1 N–H and O–H groups in total. The van der Waals surface area contributed by atoms with Gasteiger partial charge in [0.25, 0.3) is 0 Å². The van der Waals surface area contributed by atoms with Crippen molar-refractivity contribution in [1.29, 1.82) is 0 Å². The average Bonchev–Trinajstić information content (AvgIpc) is 2.25. The fourth-order valence-corrected chi connectivity index (χ4v) is 1.40. The number of nitrogens with one attached hydrogen (secondary N) is 1. The fraction of sp³-hybridized carbons (Fsp3) is 0.900. The number of hydrogen-bond donors (Lipinski definition) is 1. The molecule has 14 heavy (non-hydrogen) atoms. The molecule has 1 atom stereocenters. The Hall–Kier alpha value is -0.610. The normalized spacial score (nSPS) is 21.9. The number of hydrogen-bond acceptors (Lipinski definition) is 4. The van der Waals surface area contributed by atoms with E-state index in [1.54, 1.807) is 0 Å². The van der Waals surface area contributed by atoms with Crippen molar-refractivity contribution >= 4 is 5.97 Å². The second-order valence-corrected chi connectivity index (χ2v) is 3.45. The van der Waals surface area contributed by atoms with Crippen molar-refractivity contribution in [3.05, 3.63) is 0 Å². The van der Waals surface area contributed by atoms with Crippen LogP contribution in [0.25, 0.3) is 0 Å². The van der Waals surface area contributed by atoms with Gasteiger partial charge in [0.15, 0.2) is 0 Å². The standard InChI is InChI=1S/C10H19NO3/c1-2-11-7-10(12)14-8-9-5-3-4-6-13-9/h9,11H,2-8H2,1H3. The monoisotopic (exact) mass is 201 g/mol. The van der Waals surface area contributed by atoms with Gasteiger partial charge in [-0.1, -0.05) is 6.92 Å². The van der Waals surface area contributed by atoms with Crippen molar-refractivity contribution < 1.29 is 14.3 Å². The topological polar surface area (TPSA) is 47.6 Å². The van der Waals surface area contributed by atoms with Gasteiger partial charge in [-0.2, -0.15) is 0 Å². The first-order chi connectivity index (χ1) is 6.83. The molecule has 0 radical (unpaired) electrons. The maximum absolute atomic E-state index is 11.1. The van der Waals surface area contributed by atoms with E-state index in [4.69, 9.17) is 9.47 Å². The first kappa shape index (κ1) is 11.5. The summed E-state index contributed by atoms with van der Waals surface area (Å²) in [5, 5.41) is 2.92. The molecular weight excluding hydrogens is 182 g/mol. The summed E-state index contributed by atoms with van der Waals surface area (Å²) < 4.78 is 10.5. The highest BCUT2D eigenvalue weighted by Gasteiger charge is 2.15. The van der Waals surface area contributed by atoms with Crippen LogP contribution in [0.4, 0.5) is 0 Å². The summed E-state index contributed by atoms with van der Waals surface area (Å²) in [7, 11) is 0. The first-order valence-electron chi connectivity index (χ1n) is 5.31. The van der Waals surface area contributed by atoms with E-state index in [2.05, 4.69) is 5.32 Å². The van der Waals surface area contributed by atoms with Crippen LogP contribution in [0.5, 0.6) is 0 Å². The third-order valence-corrected chi connectivity index (χ3v) is 2.22. The van der Waals surface area contributed by atoms with Crippen LogP contribution in [-0.4, -0.2) is 38.4 Å². The summed E-state index contributed by atoms with van der Waals surface area (Å²) in [4.78, 5) is 11.1. The van der Waals surface area contributed by atoms with E-state index in [0.717, 1.165) is 26.0 Å². The molecule has 0 aromatic carbocycles. The quantitative estimate of drug-likeness (QED) is 0.665. The zero-order chi connectivity index (χ0) is 10.2. The third kappa shape index (κ3) is 4.58. The van der Waals surface area contributed by atoms with E-state index in [1.807, 2.05) is 6.92 Å². The molecule has 0 amide bonds. The number of carbonyl (C=O) groups is 1. The summed E-state index contributed by atoms with van der Waals surface area (Å²) >= 11 is 0. The van der Waals surface area contributed by atoms with Crippen LogP contribution in [0.15, 0.2) is 0 Å². The van der Waals surface area contributed by atoms with Crippen LogP contribution in [0.3, 0.4) is 0 Å². The Balaban J connectivity index is 2.03. The van der Waals surface area contributed by atoms with E-state index in [9.17, 15) is 4.79 Å². The van der Waals surface area contributed by atoms with Crippen LogP contribution in [-0.2, 0) is 14.3 Å². The summed E-state index contributed by atoms with van der Waals surface area (Å²) in [6.45, 7) is 4.25. The Morgan fingerprint density at radius 2 is 2.43 bits per heavy atom. The van der Waals surface area contributed by atoms with Gasteiger partial charge in [0.1, 0.15) is 6.61 Å². The number of carbonyl (C=O) groups excluding carboxylic acids is 1. The van der Waals surface area contributed by atoms with Crippen LogP contribution >= 0.6 is 0 Å². The number of rotatable bonds is 5. The van der Waals surface area contributed by atoms with E-state index < -0.39 is 0 Å². The Bertz CT molecular complexity index is 167. The molecule has 1 aliphatic heterocycles. The molecule has 1 rings (SSSR count). The zero-order valence-electron chi connectivity index (χ0n) is 8.75. The molecule has 0 bridgehead atoms. The summed E-state index contributed by atoms with van der Waals surface area (Å²) in [6.07, 6.45) is 3.43. The molecule has 1 heterocycles. The van der Waals surface area contributed by atoms with Crippen LogP contribution in [0.2, 0.25) is 0 Å². The van der Waals surface area contributed by atoms with Gasteiger partial charge in [-0.15, -0.1) is 0 Å². The largest absolute Gasteiger partial charge is 0.462 e. The lowest BCUT2D eigenvalue weighted by atomic mass is 10.1. The SMILES string of the molecule is CCNCC(=O)OCC1CCCCO1. The van der Waals surface area contributed by atoms with Gasteiger partial charge >= 0.3 is 5.97 Å². The van der Waals surface area contributed by atoms with Gasteiger partial charge < -0.3 is 14.8 Å². The third-order valence-electron chi connectivity index (χ3n) is 2.22. The van der Waals surface area contributed by atoms with Crippen LogP contribution in [0.1, 0.15) is 26.2 Å². The molecule has 0 aliphatic carbocycles. The van der Waals surface area contributed by atoms with Gasteiger partial charge in [0, 0.05) is 6.61 Å². The van der Waals surface area contributed by atoms with Crippen LogP contribution < -0.4 is 5.32 Å². The second-order valence-electron chi connectivity index (χ2n) is 3.45. The summed E-state index contributed by atoms with van der Waals surface area (Å²) in [5.41, 5.74) is 0. The number of ether oxygens (including phenoxy) is 2. The molecule has 82 valence electrons. The molecule has 1 saturated heterocycles. The fourth-order valence-electron chi connectivity index (χ4n) is 1.40. The maximum atomic E-state index is 11.1. The smallest absolute Gasteiger partial charge is 0.320 e. The molecule has 1 unspecified atom stereocenters. The van der Waals surface area contributed by atoms with E-state index in [-0.39, 0.29) is 12.1 Å². The van der Waals surface area contributed by atoms with E-state index in [1.165, 1.54) is 6.42 Å². The van der Waals surface area contributed by atoms with Gasteiger partial charge in [-0.05, 0) is 25.8 Å². The molecule has 4 nitrogen and oxygen atoms in total. The van der Waals surface area contributed by atoms with Crippen molar-refractivity contribution in [3.8, 4) is 0 Å². The highest BCUT2D eigenvalue weighted by Crippen LogP contribution is 2.12. The Kier molecular flexibility index (Phi) is 5.56. The number of likely N-dealkylation sites (N-methyl/N-ethyl adjacent to an activating group) is 1. The highest BCUT2D eigenvalue weighted by atomic mass is 16.6. The highest BCUT2D eigenvalue weighted by molar-refractivity contribution is 5.71. The minimum Gasteiger partial charge on any atom is -0.462 e. The molecular formula is C10H19NO3. The summed E-state index contributed by atoms with van der Waals surface area (Å²) in [6, 6.07) is 0. The van der Waals surface area contributed by atoms with E-state index in [0.29, 0.717) is 13.2 Å². The second kappa shape index (κ2) is 6.79. The van der Waals surface area contributed by atoms with E-state index >= 15 is 0 Å². The summed E-state index contributed by atoms with van der Waals surface area (Å²) in [5.74, 6) is -0.193. The van der Waals surface area contributed by atoms with Crippen LogP contribution in [0, 0.1) is 0 Å². The number of esters is 1. The van der Waals surface area contributed by atoms with Gasteiger partial charge in [-0.25, -0.2) is 0 Å². The van der Waals surface area contributed by atoms with Crippen molar-refractivity contribution in [2.75, 3.05) is 26.3 Å². The van der Waals surface area contributed by atoms with Crippen molar-refractivity contribution in [1.82, 2.24) is 5.32 Å². The minimum absolute atomic E-state index is 0.120. The predicted octanol–water partition coefficient (Wildman–Crippen LogP) is 0.708. The zero-order valence-corrected chi connectivity index (χ0v) is 8.75. The average molecular weight is 201 g/mol. The maximum Gasteiger partial charge on any atom is 0.320 e.